The molecule has 0 aliphatic heterocycles. The summed E-state index contributed by atoms with van der Waals surface area (Å²) in [5.41, 5.74) is -2.02. The highest BCUT2D eigenvalue weighted by atomic mass is 19.4. The van der Waals surface area contributed by atoms with E-state index in [1.807, 2.05) is 0 Å². The molecule has 0 aliphatic rings. The van der Waals surface area contributed by atoms with Gasteiger partial charge in [-0.1, -0.05) is 0 Å². The predicted octanol–water partition coefficient (Wildman–Crippen LogP) is 3.12. The van der Waals surface area contributed by atoms with Gasteiger partial charge in [0.15, 0.2) is 11.6 Å². The molecule has 1 aromatic rings. The summed E-state index contributed by atoms with van der Waals surface area (Å²) in [6.45, 7) is 0. The molecule has 0 radical (unpaired) electrons. The van der Waals surface area contributed by atoms with Crippen molar-refractivity contribution in [2.45, 2.75) is 19.2 Å². The molecule has 18 heavy (non-hydrogen) atoms. The second kappa shape index (κ2) is 5.12. The van der Waals surface area contributed by atoms with E-state index < -0.39 is 42.0 Å². The molecule has 9 heteroatoms. The first-order chi connectivity index (χ1) is 8.26. The monoisotopic (exact) mass is 270 g/mol. The smallest absolute Gasteiger partial charge is 0.402 e. The molecule has 0 aromatic carbocycles. The Labute approximate surface area is 96.6 Å². The van der Waals surface area contributed by atoms with Crippen molar-refractivity contribution in [1.29, 1.82) is 5.26 Å². The third-order valence-corrected chi connectivity index (χ3v) is 1.77. The highest BCUT2D eigenvalue weighted by Crippen LogP contribution is 2.33. The van der Waals surface area contributed by atoms with Gasteiger partial charge in [-0.2, -0.15) is 5.26 Å². The number of nitrogens with zero attached hydrogens (tertiary/aromatic N) is 2. The van der Waals surface area contributed by atoms with E-state index in [4.69, 9.17) is 5.26 Å². The van der Waals surface area contributed by atoms with Gasteiger partial charge in [0.1, 0.15) is 5.69 Å². The van der Waals surface area contributed by atoms with Gasteiger partial charge in [-0.05, 0) is 0 Å². The van der Waals surface area contributed by atoms with Gasteiger partial charge >= 0.3 is 6.36 Å². The number of hydrogen-bond donors (Lipinski definition) is 0. The van der Waals surface area contributed by atoms with Crippen molar-refractivity contribution < 1.29 is 31.1 Å². The van der Waals surface area contributed by atoms with Crippen LogP contribution >= 0.6 is 0 Å². The minimum absolute atomic E-state index is 0.550. The molecule has 0 atom stereocenters. The van der Waals surface area contributed by atoms with Crippen LogP contribution in [0.15, 0.2) is 6.20 Å². The molecular weight excluding hydrogens is 266 g/mol. The van der Waals surface area contributed by atoms with Crippen LogP contribution in [0.5, 0.6) is 5.75 Å². The topological polar surface area (TPSA) is 45.9 Å². The molecular formula is C9H4F6N2O. The largest absolute Gasteiger partial charge is 0.573 e. The van der Waals surface area contributed by atoms with Crippen LogP contribution in [0.3, 0.4) is 0 Å². The Bertz CT molecular complexity index is 479. The average molecular weight is 270 g/mol. The summed E-state index contributed by atoms with van der Waals surface area (Å²) in [7, 11) is 0. The molecule has 1 heterocycles. The van der Waals surface area contributed by atoms with Crippen LogP contribution in [-0.4, -0.2) is 11.3 Å². The first-order valence-electron chi connectivity index (χ1n) is 4.34. The Kier molecular flexibility index (Phi) is 4.00. The molecule has 0 unspecified atom stereocenters. The van der Waals surface area contributed by atoms with Gasteiger partial charge in [0, 0.05) is 11.8 Å². The second-order valence-electron chi connectivity index (χ2n) is 3.00. The third kappa shape index (κ3) is 3.26. The second-order valence-corrected chi connectivity index (χ2v) is 3.00. The maximum absolute atomic E-state index is 13.4. The average Bonchev–Trinajstić information content (AvgIpc) is 2.21. The van der Waals surface area contributed by atoms with Gasteiger partial charge in [-0.25, -0.2) is 13.2 Å². The van der Waals surface area contributed by atoms with Gasteiger partial charge in [-0.15, -0.1) is 13.2 Å². The van der Waals surface area contributed by atoms with Crippen molar-refractivity contribution >= 4 is 0 Å². The molecule has 0 bridgehead atoms. The summed E-state index contributed by atoms with van der Waals surface area (Å²) in [5.74, 6) is -3.37. The van der Waals surface area contributed by atoms with E-state index in [2.05, 4.69) is 9.72 Å². The minimum atomic E-state index is -5.26. The lowest BCUT2D eigenvalue weighted by Crippen LogP contribution is -2.20. The fourth-order valence-electron chi connectivity index (χ4n) is 1.11. The number of aromatic nitrogens is 1. The van der Waals surface area contributed by atoms with Crippen LogP contribution < -0.4 is 4.74 Å². The van der Waals surface area contributed by atoms with E-state index in [1.165, 1.54) is 6.07 Å². The number of alkyl halides is 5. The van der Waals surface area contributed by atoms with E-state index in [1.54, 1.807) is 0 Å². The van der Waals surface area contributed by atoms with Crippen molar-refractivity contribution in [2.75, 3.05) is 0 Å². The molecule has 0 fully saturated rings. The maximum Gasteiger partial charge on any atom is 0.573 e. The summed E-state index contributed by atoms with van der Waals surface area (Å²) in [6, 6.07) is 1.44. The first-order valence-corrected chi connectivity index (χ1v) is 4.34. The van der Waals surface area contributed by atoms with Gasteiger partial charge in [0.25, 0.3) is 6.43 Å². The van der Waals surface area contributed by atoms with E-state index in [-0.39, 0.29) is 0 Å². The van der Waals surface area contributed by atoms with E-state index >= 15 is 0 Å². The van der Waals surface area contributed by atoms with Crippen molar-refractivity contribution in [3.05, 3.63) is 23.3 Å². The Balaban J connectivity index is 3.32. The lowest BCUT2D eigenvalue weighted by molar-refractivity contribution is -0.276. The fraction of sp³-hybridized carbons (Fsp3) is 0.333. The van der Waals surface area contributed by atoms with Crippen LogP contribution in [0.25, 0.3) is 0 Å². The lowest BCUT2D eigenvalue weighted by atomic mass is 10.1. The van der Waals surface area contributed by atoms with Crippen molar-refractivity contribution in [3.63, 3.8) is 0 Å². The maximum atomic E-state index is 13.4. The SMILES string of the molecule is N#CCc1cnc(C(F)F)c(F)c1OC(F)(F)F. The van der Waals surface area contributed by atoms with Crippen LogP contribution in [0.2, 0.25) is 0 Å². The normalized spacial score (nSPS) is 11.4. The van der Waals surface area contributed by atoms with Crippen LogP contribution in [0, 0.1) is 17.1 Å². The van der Waals surface area contributed by atoms with Gasteiger partial charge < -0.3 is 4.74 Å². The molecule has 0 saturated heterocycles. The number of rotatable bonds is 3. The van der Waals surface area contributed by atoms with Crippen molar-refractivity contribution in [2.24, 2.45) is 0 Å². The van der Waals surface area contributed by atoms with E-state index in [9.17, 15) is 26.3 Å². The Hall–Kier alpha value is -1.98. The summed E-state index contributed by atoms with van der Waals surface area (Å²) >= 11 is 0. The fourth-order valence-corrected chi connectivity index (χ4v) is 1.11. The highest BCUT2D eigenvalue weighted by molar-refractivity contribution is 5.37. The Morgan fingerprint density at radius 1 is 1.39 bits per heavy atom. The van der Waals surface area contributed by atoms with E-state index in [0.717, 1.165) is 0 Å². The zero-order valence-electron chi connectivity index (χ0n) is 8.43. The highest BCUT2D eigenvalue weighted by Gasteiger charge is 2.35. The summed E-state index contributed by atoms with van der Waals surface area (Å²) in [5, 5.41) is 8.33. The van der Waals surface area contributed by atoms with Crippen molar-refractivity contribution in [1.82, 2.24) is 4.98 Å². The standard InChI is InChI=1S/C9H4F6N2O/c10-5-6(8(11)12)17-3-4(1-2-16)7(5)18-9(13,14)15/h3,8H,1H2. The van der Waals surface area contributed by atoms with Crippen LogP contribution in [-0.2, 0) is 6.42 Å². The minimum Gasteiger partial charge on any atom is -0.402 e. The Morgan fingerprint density at radius 2 is 2.00 bits per heavy atom. The van der Waals surface area contributed by atoms with Crippen LogP contribution in [0.4, 0.5) is 26.3 Å². The summed E-state index contributed by atoms with van der Waals surface area (Å²) in [6.07, 6.45) is -8.75. The molecule has 3 nitrogen and oxygen atoms in total. The Morgan fingerprint density at radius 3 is 2.44 bits per heavy atom. The van der Waals surface area contributed by atoms with Gasteiger partial charge in [0.05, 0.1) is 12.5 Å². The number of ether oxygens (including phenoxy) is 1. The zero-order valence-corrected chi connectivity index (χ0v) is 8.43. The van der Waals surface area contributed by atoms with Crippen LogP contribution in [0.1, 0.15) is 17.7 Å². The number of hydrogen-bond acceptors (Lipinski definition) is 3. The molecule has 1 rings (SSSR count). The summed E-state index contributed by atoms with van der Waals surface area (Å²) < 4.78 is 77.2. The summed E-state index contributed by atoms with van der Waals surface area (Å²) in [4.78, 5) is 2.96. The van der Waals surface area contributed by atoms with Gasteiger partial charge in [0.2, 0.25) is 0 Å². The molecule has 0 amide bonds. The number of halogens is 6. The number of pyridine rings is 1. The molecule has 1 aromatic heterocycles. The molecule has 98 valence electrons. The van der Waals surface area contributed by atoms with E-state index in [0.29, 0.717) is 6.20 Å². The molecule has 0 aliphatic carbocycles. The quantitative estimate of drug-likeness (QED) is 0.793. The third-order valence-electron chi connectivity index (χ3n) is 1.77. The molecule has 0 spiro atoms. The zero-order chi connectivity index (χ0) is 13.9. The van der Waals surface area contributed by atoms with Crippen molar-refractivity contribution in [3.8, 4) is 11.8 Å². The predicted molar refractivity (Wildman–Crippen MR) is 45.2 cm³/mol. The number of nitriles is 1. The molecule has 0 N–H and O–H groups in total. The molecule has 0 saturated carbocycles. The van der Waals surface area contributed by atoms with Gasteiger partial charge in [-0.3, -0.25) is 4.98 Å². The lowest BCUT2D eigenvalue weighted by Gasteiger charge is -2.14. The first kappa shape index (κ1) is 14.1.